The van der Waals surface area contributed by atoms with Gasteiger partial charge in [-0.05, 0) is 59.9 Å². The summed E-state index contributed by atoms with van der Waals surface area (Å²) in [5.74, 6) is 0.273. The zero-order valence-corrected chi connectivity index (χ0v) is 18.6. The largest absolute Gasteiger partial charge is 0.296 e. The van der Waals surface area contributed by atoms with Crippen molar-refractivity contribution in [2.24, 2.45) is 0 Å². The first-order chi connectivity index (χ1) is 14.5. The molecule has 4 nitrogen and oxygen atoms in total. The SMILES string of the molecule is CCN(CC)CC(=O)c1cccc2cc3c(C(=O)CN(CC)CC)cccc3cc12. The molecule has 0 aliphatic heterocycles. The van der Waals surface area contributed by atoms with Gasteiger partial charge in [-0.15, -0.1) is 0 Å². The Balaban J connectivity index is 2.05. The van der Waals surface area contributed by atoms with Crippen molar-refractivity contribution in [3.63, 3.8) is 0 Å². The summed E-state index contributed by atoms with van der Waals surface area (Å²) in [5, 5.41) is 3.90. The van der Waals surface area contributed by atoms with Crippen LogP contribution in [0.25, 0.3) is 21.5 Å². The van der Waals surface area contributed by atoms with Crippen molar-refractivity contribution in [3.05, 3.63) is 59.7 Å². The zero-order valence-electron chi connectivity index (χ0n) is 18.6. The third kappa shape index (κ3) is 4.61. The third-order valence-corrected chi connectivity index (χ3v) is 6.00. The predicted octanol–water partition coefficient (Wildman–Crippen LogP) is 5.04. The van der Waals surface area contributed by atoms with Crippen LogP contribution in [0.3, 0.4) is 0 Å². The van der Waals surface area contributed by atoms with E-state index in [4.69, 9.17) is 0 Å². The number of carbonyl (C=O) groups excluding carboxylic acids is 2. The molecule has 0 saturated carbocycles. The zero-order chi connectivity index (χ0) is 21.7. The van der Waals surface area contributed by atoms with E-state index in [9.17, 15) is 9.59 Å². The number of hydrogen-bond donors (Lipinski definition) is 0. The molecule has 0 spiro atoms. The number of Topliss-reactive ketones (excluding diaryl/α,β-unsaturated/α-hetero) is 2. The van der Waals surface area contributed by atoms with Crippen molar-refractivity contribution in [1.29, 1.82) is 0 Å². The van der Waals surface area contributed by atoms with Crippen molar-refractivity contribution in [1.82, 2.24) is 9.80 Å². The van der Waals surface area contributed by atoms with Gasteiger partial charge >= 0.3 is 0 Å². The minimum absolute atomic E-state index is 0.136. The molecule has 158 valence electrons. The van der Waals surface area contributed by atoms with Crippen LogP contribution in [0, 0.1) is 0 Å². The third-order valence-electron chi connectivity index (χ3n) is 6.00. The summed E-state index contributed by atoms with van der Waals surface area (Å²) in [6, 6.07) is 15.9. The van der Waals surface area contributed by atoms with Gasteiger partial charge in [-0.1, -0.05) is 64.1 Å². The number of rotatable bonds is 10. The maximum absolute atomic E-state index is 13.0. The van der Waals surface area contributed by atoms with E-state index in [0.717, 1.165) is 58.9 Å². The Bertz CT molecular complexity index is 964. The molecule has 30 heavy (non-hydrogen) atoms. The monoisotopic (exact) mass is 404 g/mol. The molecular weight excluding hydrogens is 372 g/mol. The van der Waals surface area contributed by atoms with Gasteiger partial charge in [0.25, 0.3) is 0 Å². The molecule has 0 N–H and O–H groups in total. The Morgan fingerprint density at radius 3 is 1.33 bits per heavy atom. The summed E-state index contributed by atoms with van der Waals surface area (Å²) in [4.78, 5) is 30.2. The number of benzene rings is 3. The average molecular weight is 405 g/mol. The first-order valence-corrected chi connectivity index (χ1v) is 11.0. The normalized spacial score (nSPS) is 11.7. The Morgan fingerprint density at radius 1 is 0.633 bits per heavy atom. The van der Waals surface area contributed by atoms with Crippen LogP contribution in [0.5, 0.6) is 0 Å². The highest BCUT2D eigenvalue weighted by atomic mass is 16.1. The second kappa shape index (κ2) is 9.96. The molecule has 0 aliphatic carbocycles. The maximum Gasteiger partial charge on any atom is 0.177 e. The van der Waals surface area contributed by atoms with Crippen LogP contribution in [0.1, 0.15) is 48.4 Å². The van der Waals surface area contributed by atoms with Crippen molar-refractivity contribution in [2.75, 3.05) is 39.3 Å². The number of carbonyl (C=O) groups is 2. The van der Waals surface area contributed by atoms with Gasteiger partial charge in [0.1, 0.15) is 0 Å². The fourth-order valence-electron chi connectivity index (χ4n) is 4.01. The number of hydrogen-bond acceptors (Lipinski definition) is 4. The van der Waals surface area contributed by atoms with Crippen molar-refractivity contribution < 1.29 is 9.59 Å². The highest BCUT2D eigenvalue weighted by Gasteiger charge is 2.16. The van der Waals surface area contributed by atoms with Crippen LogP contribution in [0.4, 0.5) is 0 Å². The molecule has 0 fully saturated rings. The molecule has 3 aromatic carbocycles. The van der Waals surface area contributed by atoms with Crippen LogP contribution in [0.2, 0.25) is 0 Å². The van der Waals surface area contributed by atoms with Crippen LogP contribution in [0.15, 0.2) is 48.5 Å². The summed E-state index contributed by atoms with van der Waals surface area (Å²) in [7, 11) is 0. The summed E-state index contributed by atoms with van der Waals surface area (Å²) >= 11 is 0. The van der Waals surface area contributed by atoms with Gasteiger partial charge in [-0.25, -0.2) is 0 Å². The van der Waals surface area contributed by atoms with Gasteiger partial charge in [0.15, 0.2) is 11.6 Å². The molecule has 4 heteroatoms. The average Bonchev–Trinajstić information content (AvgIpc) is 2.78. The first kappa shape index (κ1) is 22.1. The molecule has 3 aromatic rings. The quantitative estimate of drug-likeness (QED) is 0.351. The molecule has 0 amide bonds. The number of fused-ring (bicyclic) bond motifs is 2. The lowest BCUT2D eigenvalue weighted by atomic mass is 9.94. The highest BCUT2D eigenvalue weighted by molar-refractivity contribution is 6.16. The Hall–Kier alpha value is -2.56. The van der Waals surface area contributed by atoms with E-state index >= 15 is 0 Å². The number of nitrogens with zero attached hydrogens (tertiary/aromatic N) is 2. The molecule has 0 radical (unpaired) electrons. The van der Waals surface area contributed by atoms with Gasteiger partial charge in [-0.3, -0.25) is 19.4 Å². The molecule has 0 aromatic heterocycles. The summed E-state index contributed by atoms with van der Waals surface area (Å²) in [6.45, 7) is 12.6. The summed E-state index contributed by atoms with van der Waals surface area (Å²) < 4.78 is 0. The lowest BCUT2D eigenvalue weighted by Gasteiger charge is -2.18. The molecule has 0 bridgehead atoms. The van der Waals surface area contributed by atoms with Gasteiger partial charge in [-0.2, -0.15) is 0 Å². The van der Waals surface area contributed by atoms with E-state index in [-0.39, 0.29) is 11.6 Å². The fourth-order valence-corrected chi connectivity index (χ4v) is 4.01. The van der Waals surface area contributed by atoms with Crippen LogP contribution >= 0.6 is 0 Å². The molecule has 0 unspecified atom stereocenters. The van der Waals surface area contributed by atoms with Crippen molar-refractivity contribution in [2.45, 2.75) is 27.7 Å². The van der Waals surface area contributed by atoms with E-state index in [1.165, 1.54) is 0 Å². The first-order valence-electron chi connectivity index (χ1n) is 11.0. The van der Waals surface area contributed by atoms with E-state index in [1.807, 2.05) is 36.4 Å². The van der Waals surface area contributed by atoms with E-state index in [0.29, 0.717) is 13.1 Å². The molecule has 0 saturated heterocycles. The van der Waals surface area contributed by atoms with Crippen LogP contribution in [-0.2, 0) is 0 Å². The second-order valence-electron chi connectivity index (χ2n) is 7.67. The minimum atomic E-state index is 0.136. The lowest BCUT2D eigenvalue weighted by Crippen LogP contribution is -2.29. The van der Waals surface area contributed by atoms with Gasteiger partial charge in [0.05, 0.1) is 13.1 Å². The summed E-state index contributed by atoms with van der Waals surface area (Å²) in [5.41, 5.74) is 1.50. The highest BCUT2D eigenvalue weighted by Crippen LogP contribution is 2.28. The minimum Gasteiger partial charge on any atom is -0.296 e. The van der Waals surface area contributed by atoms with E-state index < -0.39 is 0 Å². The molecule has 0 atom stereocenters. The standard InChI is InChI=1S/C26H32N2O2/c1-5-27(6-2)17-25(29)21-13-9-11-19-16-24-20(15-23(19)21)12-10-14-22(24)26(30)18-28(7-3)8-4/h9-16H,5-8,17-18H2,1-4H3. The smallest absolute Gasteiger partial charge is 0.177 e. The van der Waals surface area contributed by atoms with Crippen LogP contribution in [-0.4, -0.2) is 60.6 Å². The van der Waals surface area contributed by atoms with Crippen molar-refractivity contribution in [3.8, 4) is 0 Å². The number of ketones is 2. The second-order valence-corrected chi connectivity index (χ2v) is 7.67. The van der Waals surface area contributed by atoms with E-state index in [1.54, 1.807) is 0 Å². The van der Waals surface area contributed by atoms with Gasteiger partial charge in [0, 0.05) is 11.1 Å². The van der Waals surface area contributed by atoms with Gasteiger partial charge < -0.3 is 0 Å². The molecular formula is C26H32N2O2. The Morgan fingerprint density at radius 2 is 1.00 bits per heavy atom. The van der Waals surface area contributed by atoms with E-state index in [2.05, 4.69) is 49.6 Å². The number of likely N-dealkylation sites (N-methyl/N-ethyl adjacent to an activating group) is 2. The van der Waals surface area contributed by atoms with Gasteiger partial charge in [0.2, 0.25) is 0 Å². The predicted molar refractivity (Wildman–Crippen MR) is 126 cm³/mol. The Labute approximate surface area is 179 Å². The fraction of sp³-hybridized carbons (Fsp3) is 0.385. The maximum atomic E-state index is 13.0. The topological polar surface area (TPSA) is 40.6 Å². The molecule has 3 rings (SSSR count). The van der Waals surface area contributed by atoms with Crippen LogP contribution < -0.4 is 0 Å². The Kier molecular flexibility index (Phi) is 7.35. The lowest BCUT2D eigenvalue weighted by molar-refractivity contribution is 0.0931. The summed E-state index contributed by atoms with van der Waals surface area (Å²) in [6.07, 6.45) is 0. The van der Waals surface area contributed by atoms with Crippen molar-refractivity contribution >= 4 is 33.1 Å². The molecule has 0 aliphatic rings. The molecule has 0 heterocycles.